The topological polar surface area (TPSA) is 66.8 Å². The first-order valence-electron chi connectivity index (χ1n) is 5.41. The number of hydrogen-bond acceptors (Lipinski definition) is 4. The number of esters is 1. The zero-order valence-corrected chi connectivity index (χ0v) is 11.3. The predicted octanol–water partition coefficient (Wildman–Crippen LogP) is 2.34. The van der Waals surface area contributed by atoms with Gasteiger partial charge in [-0.05, 0) is 30.7 Å². The van der Waals surface area contributed by atoms with E-state index in [1.165, 1.54) is 18.2 Å². The summed E-state index contributed by atoms with van der Waals surface area (Å²) in [5.41, 5.74) is 0.351. The van der Waals surface area contributed by atoms with Gasteiger partial charge in [-0.3, -0.25) is 4.79 Å². The minimum absolute atomic E-state index is 0.227. The molecule has 0 saturated carbocycles. The Morgan fingerprint density at radius 2 is 1.83 bits per heavy atom. The molecular formula is C12H14Cl2O4. The van der Waals surface area contributed by atoms with Crippen molar-refractivity contribution in [2.75, 3.05) is 6.61 Å². The van der Waals surface area contributed by atoms with Crippen LogP contribution in [0, 0.1) is 0 Å². The molecule has 1 aromatic carbocycles. The summed E-state index contributed by atoms with van der Waals surface area (Å²) < 4.78 is 4.68. The van der Waals surface area contributed by atoms with E-state index in [9.17, 15) is 15.0 Å². The van der Waals surface area contributed by atoms with Crippen LogP contribution in [0.4, 0.5) is 0 Å². The minimum atomic E-state index is -1.27. The molecule has 0 aromatic heterocycles. The van der Waals surface area contributed by atoms with E-state index in [0.717, 1.165) is 0 Å². The van der Waals surface area contributed by atoms with E-state index in [1.54, 1.807) is 6.92 Å². The maximum Gasteiger partial charge on any atom is 0.308 e. The van der Waals surface area contributed by atoms with Crippen LogP contribution in [0.25, 0.3) is 0 Å². The normalized spacial score (nSPS) is 14.1. The van der Waals surface area contributed by atoms with E-state index < -0.39 is 18.2 Å². The average molecular weight is 293 g/mol. The number of halogens is 2. The number of rotatable bonds is 5. The van der Waals surface area contributed by atoms with Crippen molar-refractivity contribution in [3.63, 3.8) is 0 Å². The van der Waals surface area contributed by atoms with Crippen molar-refractivity contribution in [1.29, 1.82) is 0 Å². The highest BCUT2D eigenvalue weighted by Gasteiger charge is 2.22. The summed E-state index contributed by atoms with van der Waals surface area (Å²) in [6.07, 6.45) is -2.80. The minimum Gasteiger partial charge on any atom is -0.466 e. The first-order chi connectivity index (χ1) is 8.43. The molecule has 1 rings (SSSR count). The Hall–Kier alpha value is -0.810. The van der Waals surface area contributed by atoms with Gasteiger partial charge in [-0.15, -0.1) is 0 Å². The van der Waals surface area contributed by atoms with Crippen LogP contribution in [0.5, 0.6) is 0 Å². The second-order valence-corrected chi connectivity index (χ2v) is 4.60. The van der Waals surface area contributed by atoms with Crippen molar-refractivity contribution in [2.24, 2.45) is 0 Å². The molecule has 6 heteroatoms. The van der Waals surface area contributed by atoms with E-state index in [2.05, 4.69) is 4.74 Å². The van der Waals surface area contributed by atoms with Gasteiger partial charge in [-0.2, -0.15) is 0 Å². The number of hydrogen-bond donors (Lipinski definition) is 2. The highest BCUT2D eigenvalue weighted by Crippen LogP contribution is 2.26. The number of carbonyl (C=O) groups is 1. The molecule has 0 fully saturated rings. The third-order valence-corrected chi connectivity index (χ3v) is 2.71. The number of carbonyl (C=O) groups excluding carboxylic acids is 1. The Balaban J connectivity index is 2.73. The molecule has 0 aliphatic heterocycles. The Morgan fingerprint density at radius 1 is 1.28 bits per heavy atom. The van der Waals surface area contributed by atoms with Crippen molar-refractivity contribution >= 4 is 29.2 Å². The highest BCUT2D eigenvalue weighted by molar-refractivity contribution is 6.34. The van der Waals surface area contributed by atoms with Gasteiger partial charge < -0.3 is 14.9 Å². The second kappa shape index (κ2) is 6.95. The van der Waals surface area contributed by atoms with Crippen LogP contribution in [-0.2, 0) is 9.53 Å². The SMILES string of the molecule is CCOC(=O)CC(O)C(O)c1cc(Cl)cc(Cl)c1. The van der Waals surface area contributed by atoms with Gasteiger partial charge in [0.1, 0.15) is 6.10 Å². The van der Waals surface area contributed by atoms with Crippen molar-refractivity contribution in [3.05, 3.63) is 33.8 Å². The van der Waals surface area contributed by atoms with E-state index in [1.807, 2.05) is 0 Å². The van der Waals surface area contributed by atoms with Gasteiger partial charge >= 0.3 is 5.97 Å². The van der Waals surface area contributed by atoms with Crippen LogP contribution in [0.3, 0.4) is 0 Å². The molecule has 100 valence electrons. The molecule has 4 nitrogen and oxygen atoms in total. The third-order valence-electron chi connectivity index (χ3n) is 2.27. The van der Waals surface area contributed by atoms with Crippen LogP contribution < -0.4 is 0 Å². The van der Waals surface area contributed by atoms with Crippen molar-refractivity contribution < 1.29 is 19.7 Å². The molecule has 2 N–H and O–H groups in total. The lowest BCUT2D eigenvalue weighted by molar-refractivity contribution is -0.147. The first-order valence-corrected chi connectivity index (χ1v) is 6.17. The van der Waals surface area contributed by atoms with E-state index in [4.69, 9.17) is 23.2 Å². The van der Waals surface area contributed by atoms with E-state index in [0.29, 0.717) is 15.6 Å². The Kier molecular flexibility index (Phi) is 5.88. The lowest BCUT2D eigenvalue weighted by atomic mass is 10.0. The molecule has 18 heavy (non-hydrogen) atoms. The number of aliphatic hydroxyl groups excluding tert-OH is 2. The fourth-order valence-electron chi connectivity index (χ4n) is 1.47. The molecular weight excluding hydrogens is 279 g/mol. The molecule has 1 aromatic rings. The van der Waals surface area contributed by atoms with Gasteiger partial charge in [0.2, 0.25) is 0 Å². The molecule has 0 aliphatic carbocycles. The Labute approximate surface area is 115 Å². The summed E-state index contributed by atoms with van der Waals surface area (Å²) in [4.78, 5) is 11.2. The standard InChI is InChI=1S/C12H14Cl2O4/c1-2-18-11(16)6-10(15)12(17)7-3-8(13)5-9(14)4-7/h3-5,10,12,15,17H,2,6H2,1H3. The molecule has 0 bridgehead atoms. The maximum absolute atomic E-state index is 11.2. The lowest BCUT2D eigenvalue weighted by Crippen LogP contribution is -2.23. The fourth-order valence-corrected chi connectivity index (χ4v) is 2.01. The van der Waals surface area contributed by atoms with Crippen LogP contribution in [-0.4, -0.2) is 28.9 Å². The molecule has 0 spiro atoms. The lowest BCUT2D eigenvalue weighted by Gasteiger charge is -2.17. The van der Waals surface area contributed by atoms with Gasteiger partial charge in [-0.25, -0.2) is 0 Å². The van der Waals surface area contributed by atoms with Crippen LogP contribution in [0.15, 0.2) is 18.2 Å². The molecule has 0 heterocycles. The zero-order chi connectivity index (χ0) is 13.7. The summed E-state index contributed by atoms with van der Waals surface area (Å²) in [6.45, 7) is 1.89. The molecule has 0 amide bonds. The monoisotopic (exact) mass is 292 g/mol. The highest BCUT2D eigenvalue weighted by atomic mass is 35.5. The summed E-state index contributed by atoms with van der Waals surface area (Å²) in [5, 5.41) is 20.3. The van der Waals surface area contributed by atoms with Gasteiger partial charge in [0.05, 0.1) is 19.1 Å². The summed E-state index contributed by atoms with van der Waals surface area (Å²) in [5.74, 6) is -0.572. The third kappa shape index (κ3) is 4.46. The van der Waals surface area contributed by atoms with Crippen LogP contribution in [0.2, 0.25) is 10.0 Å². The largest absolute Gasteiger partial charge is 0.466 e. The maximum atomic E-state index is 11.2. The van der Waals surface area contributed by atoms with Crippen molar-refractivity contribution in [2.45, 2.75) is 25.6 Å². The molecule has 0 aliphatic rings. The zero-order valence-electron chi connectivity index (χ0n) is 9.77. The molecule has 0 saturated heterocycles. The number of benzene rings is 1. The van der Waals surface area contributed by atoms with Gasteiger partial charge in [-0.1, -0.05) is 23.2 Å². The van der Waals surface area contributed by atoms with E-state index in [-0.39, 0.29) is 13.0 Å². The first kappa shape index (κ1) is 15.2. The quantitative estimate of drug-likeness (QED) is 0.818. The predicted molar refractivity (Wildman–Crippen MR) is 68.7 cm³/mol. The smallest absolute Gasteiger partial charge is 0.308 e. The van der Waals surface area contributed by atoms with Crippen molar-refractivity contribution in [3.8, 4) is 0 Å². The Bertz CT molecular complexity index is 402. The summed E-state index contributed by atoms with van der Waals surface area (Å²) >= 11 is 11.6. The molecule has 2 atom stereocenters. The molecule has 0 radical (unpaired) electrons. The van der Waals surface area contributed by atoms with E-state index >= 15 is 0 Å². The van der Waals surface area contributed by atoms with Crippen molar-refractivity contribution in [1.82, 2.24) is 0 Å². The Morgan fingerprint density at radius 3 is 2.33 bits per heavy atom. The van der Waals surface area contributed by atoms with Gasteiger partial charge in [0.25, 0.3) is 0 Å². The van der Waals surface area contributed by atoms with Gasteiger partial charge in [0, 0.05) is 10.0 Å². The number of ether oxygens (including phenoxy) is 1. The van der Waals surface area contributed by atoms with Crippen LogP contribution in [0.1, 0.15) is 25.0 Å². The van der Waals surface area contributed by atoms with Gasteiger partial charge in [0.15, 0.2) is 0 Å². The average Bonchev–Trinajstić information content (AvgIpc) is 2.26. The van der Waals surface area contributed by atoms with Crippen LogP contribution >= 0.6 is 23.2 Å². The molecule has 2 unspecified atom stereocenters. The summed E-state index contributed by atoms with van der Waals surface area (Å²) in [7, 11) is 0. The summed E-state index contributed by atoms with van der Waals surface area (Å²) in [6, 6.07) is 4.47. The fraction of sp³-hybridized carbons (Fsp3) is 0.417. The number of aliphatic hydroxyl groups is 2. The second-order valence-electron chi connectivity index (χ2n) is 3.72.